The lowest BCUT2D eigenvalue weighted by Gasteiger charge is -2.23. The molecule has 7 nitrogen and oxygen atoms in total. The zero-order valence-electron chi connectivity index (χ0n) is 17.5. The number of fused-ring (bicyclic) bond motifs is 1. The standard InChI is InChI=1S/C22H28N2O5/c1-5-23(13-17-7-8-19-20(12-17)28-10-9-27-19)21(25)14-29-22(26)18-11-15(3)24(6-2)16(18)4/h7-8,11-12H,5-6,9-10,13-14H2,1-4H3. The van der Waals surface area contributed by atoms with Gasteiger partial charge in [0.05, 0.1) is 5.56 Å². The predicted molar refractivity (Wildman–Crippen MR) is 108 cm³/mol. The second-order valence-corrected chi connectivity index (χ2v) is 6.99. The van der Waals surface area contributed by atoms with Crippen LogP contribution >= 0.6 is 0 Å². The first-order chi connectivity index (χ1) is 13.9. The average molecular weight is 400 g/mol. The van der Waals surface area contributed by atoms with Gasteiger partial charge in [0.25, 0.3) is 5.91 Å². The molecule has 0 fully saturated rings. The van der Waals surface area contributed by atoms with E-state index in [1.807, 2.05) is 50.5 Å². The van der Waals surface area contributed by atoms with Crippen molar-refractivity contribution in [3.63, 3.8) is 0 Å². The monoisotopic (exact) mass is 400 g/mol. The molecule has 3 rings (SSSR count). The van der Waals surface area contributed by atoms with Crippen LogP contribution in [0.25, 0.3) is 0 Å². The molecule has 7 heteroatoms. The number of hydrogen-bond donors (Lipinski definition) is 0. The third-order valence-corrected chi connectivity index (χ3v) is 5.15. The fourth-order valence-corrected chi connectivity index (χ4v) is 3.57. The van der Waals surface area contributed by atoms with Gasteiger partial charge in [-0.25, -0.2) is 4.79 Å². The SMILES string of the molecule is CCN(Cc1ccc2c(c1)OCCO2)C(=O)COC(=O)c1cc(C)n(CC)c1C. The van der Waals surface area contributed by atoms with E-state index in [0.29, 0.717) is 43.4 Å². The van der Waals surface area contributed by atoms with E-state index in [0.717, 1.165) is 23.5 Å². The normalized spacial score (nSPS) is 12.6. The van der Waals surface area contributed by atoms with Crippen LogP contribution in [0, 0.1) is 13.8 Å². The largest absolute Gasteiger partial charge is 0.486 e. The molecule has 2 heterocycles. The van der Waals surface area contributed by atoms with Crippen LogP contribution < -0.4 is 9.47 Å². The number of aryl methyl sites for hydroxylation is 1. The first-order valence-corrected chi connectivity index (χ1v) is 9.94. The molecule has 1 aliphatic heterocycles. The molecule has 0 saturated carbocycles. The summed E-state index contributed by atoms with van der Waals surface area (Å²) >= 11 is 0. The Morgan fingerprint density at radius 3 is 2.48 bits per heavy atom. The molecule has 0 atom stereocenters. The van der Waals surface area contributed by atoms with Gasteiger partial charge in [-0.1, -0.05) is 6.07 Å². The fraction of sp³-hybridized carbons (Fsp3) is 0.455. The highest BCUT2D eigenvalue weighted by Gasteiger charge is 2.20. The maximum atomic E-state index is 12.6. The molecule has 0 aliphatic carbocycles. The molecule has 0 N–H and O–H groups in total. The van der Waals surface area contributed by atoms with Gasteiger partial charge in [-0.3, -0.25) is 4.79 Å². The third-order valence-electron chi connectivity index (χ3n) is 5.15. The van der Waals surface area contributed by atoms with Crippen molar-refractivity contribution in [3.05, 3.63) is 46.8 Å². The second-order valence-electron chi connectivity index (χ2n) is 6.99. The maximum Gasteiger partial charge on any atom is 0.340 e. The van der Waals surface area contributed by atoms with E-state index in [1.165, 1.54) is 0 Å². The Morgan fingerprint density at radius 2 is 1.83 bits per heavy atom. The molecule has 156 valence electrons. The lowest BCUT2D eigenvalue weighted by molar-refractivity contribution is -0.134. The lowest BCUT2D eigenvalue weighted by atomic mass is 10.1. The quantitative estimate of drug-likeness (QED) is 0.668. The third kappa shape index (κ3) is 4.55. The Morgan fingerprint density at radius 1 is 1.10 bits per heavy atom. The van der Waals surface area contributed by atoms with E-state index < -0.39 is 5.97 Å². The fourth-order valence-electron chi connectivity index (χ4n) is 3.57. The number of ether oxygens (including phenoxy) is 3. The Bertz CT molecular complexity index is 903. The number of rotatable bonds is 7. The second kappa shape index (κ2) is 9.03. The number of likely N-dealkylation sites (N-methyl/N-ethyl adjacent to an activating group) is 1. The summed E-state index contributed by atoms with van der Waals surface area (Å²) in [5.41, 5.74) is 3.29. The Hall–Kier alpha value is -2.96. The molecule has 0 bridgehead atoms. The van der Waals surface area contributed by atoms with Gasteiger partial charge in [-0.2, -0.15) is 0 Å². The van der Waals surface area contributed by atoms with E-state index in [4.69, 9.17) is 14.2 Å². The number of nitrogens with zero attached hydrogens (tertiary/aromatic N) is 2. The van der Waals surface area contributed by atoms with E-state index in [9.17, 15) is 9.59 Å². The van der Waals surface area contributed by atoms with Crippen LogP contribution in [0.2, 0.25) is 0 Å². The molecular formula is C22H28N2O5. The number of esters is 1. The number of aromatic nitrogens is 1. The van der Waals surface area contributed by atoms with Crippen molar-refractivity contribution in [2.45, 2.75) is 40.8 Å². The van der Waals surface area contributed by atoms with Crippen molar-refractivity contribution in [1.29, 1.82) is 0 Å². The number of carbonyl (C=O) groups excluding carboxylic acids is 2. The van der Waals surface area contributed by atoms with Crippen LogP contribution in [0.15, 0.2) is 24.3 Å². The topological polar surface area (TPSA) is 70.0 Å². The number of benzene rings is 1. The molecule has 29 heavy (non-hydrogen) atoms. The van der Waals surface area contributed by atoms with Gasteiger partial charge in [-0.05, 0) is 51.5 Å². The van der Waals surface area contributed by atoms with Crippen LogP contribution in [0.3, 0.4) is 0 Å². The molecule has 0 unspecified atom stereocenters. The van der Waals surface area contributed by atoms with E-state index in [2.05, 4.69) is 0 Å². The predicted octanol–water partition coefficient (Wildman–Crippen LogP) is 3.10. The van der Waals surface area contributed by atoms with Crippen LogP contribution in [-0.4, -0.2) is 47.7 Å². The highest BCUT2D eigenvalue weighted by atomic mass is 16.6. The number of carbonyl (C=O) groups is 2. The summed E-state index contributed by atoms with van der Waals surface area (Å²) in [5.74, 6) is 0.699. The van der Waals surface area contributed by atoms with Crippen molar-refractivity contribution in [3.8, 4) is 11.5 Å². The van der Waals surface area contributed by atoms with Crippen LogP contribution in [0.4, 0.5) is 0 Å². The van der Waals surface area contributed by atoms with Gasteiger partial charge in [0.15, 0.2) is 18.1 Å². The molecular weight excluding hydrogens is 372 g/mol. The van der Waals surface area contributed by atoms with E-state index >= 15 is 0 Å². The van der Waals surface area contributed by atoms with Crippen molar-refractivity contribution in [2.24, 2.45) is 0 Å². The lowest BCUT2D eigenvalue weighted by Crippen LogP contribution is -2.34. The molecule has 0 spiro atoms. The van der Waals surface area contributed by atoms with E-state index in [-0.39, 0.29) is 12.5 Å². The summed E-state index contributed by atoms with van der Waals surface area (Å²) in [5, 5.41) is 0. The number of hydrogen-bond acceptors (Lipinski definition) is 5. The summed E-state index contributed by atoms with van der Waals surface area (Å²) in [6.45, 7) is 10.2. The van der Waals surface area contributed by atoms with Gasteiger partial charge in [0.2, 0.25) is 0 Å². The Labute approximate surface area is 171 Å². The van der Waals surface area contributed by atoms with Crippen LogP contribution in [0.5, 0.6) is 11.5 Å². The van der Waals surface area contributed by atoms with Crippen molar-refractivity contribution in [1.82, 2.24) is 9.47 Å². The summed E-state index contributed by atoms with van der Waals surface area (Å²) in [6, 6.07) is 7.45. The summed E-state index contributed by atoms with van der Waals surface area (Å²) < 4.78 is 18.5. The van der Waals surface area contributed by atoms with Crippen LogP contribution in [-0.2, 0) is 22.6 Å². The highest BCUT2D eigenvalue weighted by molar-refractivity contribution is 5.92. The molecule has 1 amide bonds. The smallest absolute Gasteiger partial charge is 0.340 e. The zero-order valence-corrected chi connectivity index (χ0v) is 17.5. The van der Waals surface area contributed by atoms with E-state index in [1.54, 1.807) is 11.0 Å². The Balaban J connectivity index is 1.61. The van der Waals surface area contributed by atoms with Gasteiger partial charge in [0.1, 0.15) is 13.2 Å². The summed E-state index contributed by atoms with van der Waals surface area (Å²) in [7, 11) is 0. The molecule has 1 aromatic carbocycles. The minimum absolute atomic E-state index is 0.236. The number of amides is 1. The molecule has 0 radical (unpaired) electrons. The molecule has 2 aromatic rings. The van der Waals surface area contributed by atoms with Gasteiger partial charge in [-0.15, -0.1) is 0 Å². The molecule has 1 aliphatic rings. The van der Waals surface area contributed by atoms with Gasteiger partial charge >= 0.3 is 5.97 Å². The minimum Gasteiger partial charge on any atom is -0.486 e. The average Bonchev–Trinajstić information content (AvgIpc) is 3.03. The molecule has 1 aromatic heterocycles. The zero-order chi connectivity index (χ0) is 21.0. The first kappa shape index (κ1) is 20.8. The molecule has 0 saturated heterocycles. The summed E-state index contributed by atoms with van der Waals surface area (Å²) in [6.07, 6.45) is 0. The minimum atomic E-state index is -0.471. The van der Waals surface area contributed by atoms with Gasteiger partial charge in [0, 0.05) is 31.0 Å². The van der Waals surface area contributed by atoms with Crippen molar-refractivity contribution >= 4 is 11.9 Å². The maximum absolute atomic E-state index is 12.6. The Kier molecular flexibility index (Phi) is 6.46. The van der Waals surface area contributed by atoms with Gasteiger partial charge < -0.3 is 23.7 Å². The first-order valence-electron chi connectivity index (χ1n) is 9.94. The summed E-state index contributed by atoms with van der Waals surface area (Å²) in [4.78, 5) is 26.7. The van der Waals surface area contributed by atoms with Crippen molar-refractivity contribution < 1.29 is 23.8 Å². The highest BCUT2D eigenvalue weighted by Crippen LogP contribution is 2.31. The van der Waals surface area contributed by atoms with Crippen LogP contribution in [0.1, 0.15) is 41.2 Å². The van der Waals surface area contributed by atoms with Crippen molar-refractivity contribution in [2.75, 3.05) is 26.4 Å².